The van der Waals surface area contributed by atoms with Crippen molar-refractivity contribution in [2.24, 2.45) is 0 Å². The lowest BCUT2D eigenvalue weighted by atomic mass is 10.2. The molecule has 1 fully saturated rings. The third-order valence-corrected chi connectivity index (χ3v) is 4.99. The number of aryl methyl sites for hydroxylation is 1. The molecule has 0 spiro atoms. The van der Waals surface area contributed by atoms with Crippen LogP contribution in [0.5, 0.6) is 0 Å². The van der Waals surface area contributed by atoms with E-state index in [4.69, 9.17) is 0 Å². The third-order valence-electron chi connectivity index (χ3n) is 3.39. The zero-order chi connectivity index (χ0) is 13.9. The fourth-order valence-corrected chi connectivity index (χ4v) is 3.61. The molecule has 2 rings (SSSR count). The van der Waals surface area contributed by atoms with Gasteiger partial charge in [0.05, 0.1) is 4.90 Å². The van der Waals surface area contributed by atoms with Crippen LogP contribution in [0.1, 0.15) is 24.8 Å². The molecule has 2 N–H and O–H groups in total. The van der Waals surface area contributed by atoms with Crippen LogP contribution in [0.4, 0.5) is 4.39 Å². The molecule has 0 radical (unpaired) electrons. The molecule has 1 aliphatic rings. The van der Waals surface area contributed by atoms with Gasteiger partial charge in [-0.15, -0.1) is 0 Å². The van der Waals surface area contributed by atoms with Gasteiger partial charge in [0.25, 0.3) is 0 Å². The van der Waals surface area contributed by atoms with Crippen LogP contribution in [-0.2, 0) is 10.0 Å². The maximum atomic E-state index is 13.1. The predicted octanol–water partition coefficient (Wildman–Crippen LogP) is 1.55. The Bertz CT molecular complexity index is 540. The van der Waals surface area contributed by atoms with Crippen molar-refractivity contribution in [1.82, 2.24) is 10.0 Å². The van der Waals surface area contributed by atoms with E-state index in [0.717, 1.165) is 31.9 Å². The highest BCUT2D eigenvalue weighted by molar-refractivity contribution is 7.89. The molecule has 6 heteroatoms. The lowest BCUT2D eigenvalue weighted by Gasteiger charge is -2.12. The van der Waals surface area contributed by atoms with E-state index < -0.39 is 15.8 Å². The Labute approximate surface area is 113 Å². The Morgan fingerprint density at radius 1 is 1.47 bits per heavy atom. The van der Waals surface area contributed by atoms with Crippen molar-refractivity contribution in [1.29, 1.82) is 0 Å². The maximum absolute atomic E-state index is 13.1. The number of rotatable bonds is 5. The Kier molecular flexibility index (Phi) is 4.54. The van der Waals surface area contributed by atoms with E-state index in [1.807, 2.05) is 0 Å². The van der Waals surface area contributed by atoms with Gasteiger partial charge in [0.1, 0.15) is 5.82 Å². The number of sulfonamides is 1. The predicted molar refractivity (Wildman–Crippen MR) is 72.0 cm³/mol. The lowest BCUT2D eigenvalue weighted by Crippen LogP contribution is -2.31. The summed E-state index contributed by atoms with van der Waals surface area (Å²) >= 11 is 0. The fourth-order valence-electron chi connectivity index (χ4n) is 2.31. The van der Waals surface area contributed by atoms with Crippen LogP contribution in [0.2, 0.25) is 0 Å². The number of hydrogen-bond acceptors (Lipinski definition) is 3. The summed E-state index contributed by atoms with van der Waals surface area (Å²) in [6.07, 6.45) is 2.98. The van der Waals surface area contributed by atoms with Crippen LogP contribution < -0.4 is 10.0 Å². The van der Waals surface area contributed by atoms with Crippen molar-refractivity contribution in [3.8, 4) is 0 Å². The van der Waals surface area contributed by atoms with Crippen LogP contribution in [-0.4, -0.2) is 27.5 Å². The van der Waals surface area contributed by atoms with Gasteiger partial charge in [-0.25, -0.2) is 17.5 Å². The molecular weight excluding hydrogens is 267 g/mol. The maximum Gasteiger partial charge on any atom is 0.240 e. The second-order valence-corrected chi connectivity index (χ2v) is 6.62. The summed E-state index contributed by atoms with van der Waals surface area (Å²) in [7, 11) is -3.62. The molecule has 1 heterocycles. The van der Waals surface area contributed by atoms with E-state index in [2.05, 4.69) is 10.0 Å². The molecule has 1 unspecified atom stereocenters. The van der Waals surface area contributed by atoms with Gasteiger partial charge in [-0.1, -0.05) is 6.07 Å². The van der Waals surface area contributed by atoms with Crippen LogP contribution in [0.25, 0.3) is 0 Å². The Hall–Kier alpha value is -0.980. The van der Waals surface area contributed by atoms with Crippen LogP contribution in [0.15, 0.2) is 23.1 Å². The molecule has 19 heavy (non-hydrogen) atoms. The first-order valence-corrected chi connectivity index (χ1v) is 7.96. The normalized spacial score (nSPS) is 19.8. The highest BCUT2D eigenvalue weighted by Crippen LogP contribution is 2.16. The molecule has 1 aromatic rings. The quantitative estimate of drug-likeness (QED) is 0.863. The van der Waals surface area contributed by atoms with Gasteiger partial charge in [0.15, 0.2) is 0 Å². The smallest absolute Gasteiger partial charge is 0.240 e. The van der Waals surface area contributed by atoms with Crippen molar-refractivity contribution in [3.05, 3.63) is 29.6 Å². The van der Waals surface area contributed by atoms with E-state index in [-0.39, 0.29) is 4.90 Å². The first-order valence-electron chi connectivity index (χ1n) is 6.48. The molecule has 0 aromatic heterocycles. The van der Waals surface area contributed by atoms with E-state index in [1.54, 1.807) is 6.92 Å². The van der Waals surface area contributed by atoms with Crippen molar-refractivity contribution in [2.45, 2.75) is 37.1 Å². The van der Waals surface area contributed by atoms with Crippen LogP contribution in [0, 0.1) is 12.7 Å². The summed E-state index contributed by atoms with van der Waals surface area (Å²) in [6.45, 7) is 3.03. The van der Waals surface area contributed by atoms with E-state index in [9.17, 15) is 12.8 Å². The van der Waals surface area contributed by atoms with Gasteiger partial charge in [0.2, 0.25) is 10.0 Å². The third kappa shape index (κ3) is 3.75. The van der Waals surface area contributed by atoms with Gasteiger partial charge >= 0.3 is 0 Å². The Morgan fingerprint density at radius 3 is 2.95 bits per heavy atom. The van der Waals surface area contributed by atoms with Crippen LogP contribution >= 0.6 is 0 Å². The molecule has 1 atom stereocenters. The largest absolute Gasteiger partial charge is 0.314 e. The van der Waals surface area contributed by atoms with Crippen molar-refractivity contribution in [2.75, 3.05) is 13.1 Å². The standard InChI is InChI=1S/C13H19FN2O2S/c1-10-4-5-11(14)9-13(10)19(17,18)16-8-6-12-3-2-7-15-12/h4-5,9,12,15-16H,2-3,6-8H2,1H3. The Balaban J connectivity index is 1.99. The monoisotopic (exact) mass is 286 g/mol. The van der Waals surface area contributed by atoms with E-state index in [0.29, 0.717) is 18.2 Å². The summed E-state index contributed by atoms with van der Waals surface area (Å²) in [6, 6.07) is 4.18. The average Bonchev–Trinajstić information content (AvgIpc) is 2.85. The second-order valence-electron chi connectivity index (χ2n) is 4.89. The van der Waals surface area contributed by atoms with E-state index in [1.165, 1.54) is 12.1 Å². The van der Waals surface area contributed by atoms with E-state index >= 15 is 0 Å². The molecule has 0 saturated carbocycles. The summed E-state index contributed by atoms with van der Waals surface area (Å²) in [4.78, 5) is 0.0203. The first-order chi connectivity index (χ1) is 8.99. The highest BCUT2D eigenvalue weighted by Gasteiger charge is 2.19. The first kappa shape index (κ1) is 14.4. The van der Waals surface area contributed by atoms with Gasteiger partial charge in [-0.2, -0.15) is 0 Å². The molecule has 106 valence electrons. The minimum Gasteiger partial charge on any atom is -0.314 e. The minimum absolute atomic E-state index is 0.0203. The summed E-state index contributed by atoms with van der Waals surface area (Å²) in [5.41, 5.74) is 0.549. The summed E-state index contributed by atoms with van der Waals surface area (Å²) in [5.74, 6) is -0.538. The van der Waals surface area contributed by atoms with Crippen LogP contribution in [0.3, 0.4) is 0 Å². The molecule has 0 bridgehead atoms. The molecule has 1 aliphatic heterocycles. The van der Waals surface area contributed by atoms with Crippen molar-refractivity contribution >= 4 is 10.0 Å². The molecular formula is C13H19FN2O2S. The molecule has 0 aliphatic carbocycles. The van der Waals surface area contributed by atoms with Gasteiger partial charge in [-0.3, -0.25) is 0 Å². The number of halogens is 1. The topological polar surface area (TPSA) is 58.2 Å². The lowest BCUT2D eigenvalue weighted by molar-refractivity contribution is 0.538. The summed E-state index contributed by atoms with van der Waals surface area (Å²) < 4.78 is 39.8. The number of benzene rings is 1. The molecule has 1 saturated heterocycles. The van der Waals surface area contributed by atoms with Crippen molar-refractivity contribution < 1.29 is 12.8 Å². The van der Waals surface area contributed by atoms with Crippen molar-refractivity contribution in [3.63, 3.8) is 0 Å². The average molecular weight is 286 g/mol. The second kappa shape index (κ2) is 5.98. The highest BCUT2D eigenvalue weighted by atomic mass is 32.2. The SMILES string of the molecule is Cc1ccc(F)cc1S(=O)(=O)NCCC1CCCN1. The van der Waals surface area contributed by atoms with Gasteiger partial charge in [-0.05, 0) is 50.4 Å². The number of hydrogen-bond donors (Lipinski definition) is 2. The number of nitrogens with one attached hydrogen (secondary N) is 2. The zero-order valence-electron chi connectivity index (χ0n) is 10.9. The fraction of sp³-hybridized carbons (Fsp3) is 0.538. The molecule has 1 aromatic carbocycles. The van der Waals surface area contributed by atoms with Gasteiger partial charge < -0.3 is 5.32 Å². The van der Waals surface area contributed by atoms with Gasteiger partial charge in [0, 0.05) is 12.6 Å². The zero-order valence-corrected chi connectivity index (χ0v) is 11.8. The molecule has 0 amide bonds. The minimum atomic E-state index is -3.62. The summed E-state index contributed by atoms with van der Waals surface area (Å²) in [5, 5.41) is 3.31. The Morgan fingerprint density at radius 2 is 2.26 bits per heavy atom. The molecule has 4 nitrogen and oxygen atoms in total.